The smallest absolute Gasteiger partial charge is 0.0755 e. The molecule has 0 aliphatic heterocycles. The van der Waals surface area contributed by atoms with Crippen LogP contribution in [0.25, 0.3) is 0 Å². The average Bonchev–Trinajstić information content (AvgIpc) is 3.24. The van der Waals surface area contributed by atoms with Gasteiger partial charge in [-0.15, -0.1) is 0 Å². The molecule has 0 aromatic carbocycles. The molecule has 0 aromatic heterocycles. The van der Waals surface area contributed by atoms with Gasteiger partial charge in [0.15, 0.2) is 0 Å². The molecule has 4 radical (unpaired) electrons. The minimum absolute atomic E-state index is 0.211. The molecule has 0 N–H and O–H groups in total. The summed E-state index contributed by atoms with van der Waals surface area (Å²) in [6.45, 7) is 13.9. The Labute approximate surface area is 217 Å². The van der Waals surface area contributed by atoms with Gasteiger partial charge < -0.3 is 9.80 Å². The van der Waals surface area contributed by atoms with Crippen molar-refractivity contribution >= 4 is 15.7 Å². The predicted molar refractivity (Wildman–Crippen MR) is 155 cm³/mol. The fraction of sp³-hybridized carbons (Fsp3) is 0.867. The number of hydrogen-bond acceptors (Lipinski definition) is 2. The molecule has 0 aromatic rings. The minimum Gasteiger partial charge on any atom is -0.309 e. The molecule has 0 amide bonds. The van der Waals surface area contributed by atoms with Crippen LogP contribution < -0.4 is 0 Å². The van der Waals surface area contributed by atoms with E-state index in [1.165, 1.54) is 96.0 Å². The first-order valence-corrected chi connectivity index (χ1v) is 14.6. The average molecular weight is 466 g/mol. The second kappa shape index (κ2) is 18.8. The first-order valence-electron chi connectivity index (χ1n) is 14.6. The zero-order valence-electron chi connectivity index (χ0n) is 23.8. The maximum atomic E-state index is 6.23. The molecule has 1 fully saturated rings. The molecule has 0 bridgehead atoms. The maximum absolute atomic E-state index is 6.23. The van der Waals surface area contributed by atoms with Gasteiger partial charge in [-0.3, -0.25) is 0 Å². The van der Waals surface area contributed by atoms with Crippen LogP contribution in [0.2, 0.25) is 11.6 Å². The van der Waals surface area contributed by atoms with Crippen LogP contribution in [-0.4, -0.2) is 65.8 Å². The normalized spacial score (nSPS) is 21.0. The van der Waals surface area contributed by atoms with Crippen LogP contribution in [0, 0.1) is 11.8 Å². The van der Waals surface area contributed by atoms with Crippen molar-refractivity contribution in [1.29, 1.82) is 0 Å². The fourth-order valence-corrected chi connectivity index (χ4v) is 5.49. The third-order valence-electron chi connectivity index (χ3n) is 7.80. The third kappa shape index (κ3) is 13.6. The van der Waals surface area contributed by atoms with Crippen molar-refractivity contribution < 1.29 is 0 Å². The van der Waals surface area contributed by atoms with Crippen LogP contribution in [0.4, 0.5) is 0 Å². The molecule has 192 valence electrons. The summed E-state index contributed by atoms with van der Waals surface area (Å²) >= 11 is 0. The van der Waals surface area contributed by atoms with Gasteiger partial charge in [-0.2, -0.15) is 0 Å². The first kappa shape index (κ1) is 31.6. The lowest BCUT2D eigenvalue weighted by atomic mass is 9.80. The van der Waals surface area contributed by atoms with E-state index in [-0.39, 0.29) is 11.6 Å². The maximum Gasteiger partial charge on any atom is 0.0755 e. The molecular formula is C30H56B2N2. The highest BCUT2D eigenvalue weighted by Gasteiger charge is 2.21. The Morgan fingerprint density at radius 2 is 1.62 bits per heavy atom. The standard InChI is InChI=1S/C30H56B2N2/c1-7-14-26(25(4)23-29(31)8-2)17-11-20-34(22-13-19-33(5)6)21-12-18-27-15-10-16-28(27)24-30(32)9-3/h23-24,26-27,29-30H,7-22H2,1-6H3/b25-23+,28-24+. The molecular weight excluding hydrogens is 410 g/mol. The Bertz CT molecular complexity index is 572. The summed E-state index contributed by atoms with van der Waals surface area (Å²) in [7, 11) is 16.8. The summed E-state index contributed by atoms with van der Waals surface area (Å²) < 4.78 is 0. The monoisotopic (exact) mass is 466 g/mol. The number of nitrogens with zero attached hydrogens (tertiary/aromatic N) is 2. The highest BCUT2D eigenvalue weighted by molar-refractivity contribution is 6.13. The Morgan fingerprint density at radius 1 is 0.941 bits per heavy atom. The van der Waals surface area contributed by atoms with E-state index in [0.717, 1.165) is 18.8 Å². The van der Waals surface area contributed by atoms with Gasteiger partial charge in [0, 0.05) is 0 Å². The number of hydrogen-bond donors (Lipinski definition) is 0. The molecule has 1 rings (SSSR count). The van der Waals surface area contributed by atoms with Crippen molar-refractivity contribution in [2.45, 2.75) is 116 Å². The van der Waals surface area contributed by atoms with E-state index in [1.807, 2.05) is 0 Å². The third-order valence-corrected chi connectivity index (χ3v) is 7.80. The lowest BCUT2D eigenvalue weighted by Gasteiger charge is -2.26. The summed E-state index contributed by atoms with van der Waals surface area (Å²) in [5, 5.41) is 0. The number of rotatable bonds is 19. The van der Waals surface area contributed by atoms with Crippen molar-refractivity contribution in [3.8, 4) is 0 Å². The zero-order chi connectivity index (χ0) is 25.3. The van der Waals surface area contributed by atoms with E-state index in [2.05, 4.69) is 63.7 Å². The van der Waals surface area contributed by atoms with Crippen molar-refractivity contribution in [3.63, 3.8) is 0 Å². The molecule has 4 heteroatoms. The van der Waals surface area contributed by atoms with E-state index >= 15 is 0 Å². The minimum atomic E-state index is 0.211. The summed E-state index contributed by atoms with van der Waals surface area (Å²) in [5.41, 5.74) is 3.17. The van der Waals surface area contributed by atoms with Gasteiger partial charge in [-0.25, -0.2) is 0 Å². The summed E-state index contributed by atoms with van der Waals surface area (Å²) in [6.07, 6.45) is 19.8. The van der Waals surface area contributed by atoms with Crippen molar-refractivity contribution in [1.82, 2.24) is 9.80 Å². The van der Waals surface area contributed by atoms with Crippen molar-refractivity contribution in [2.75, 3.05) is 40.3 Å². The van der Waals surface area contributed by atoms with Gasteiger partial charge in [0.25, 0.3) is 0 Å². The summed E-state index contributed by atoms with van der Waals surface area (Å²) in [6, 6.07) is 0. The van der Waals surface area contributed by atoms with Gasteiger partial charge in [-0.05, 0) is 117 Å². The van der Waals surface area contributed by atoms with E-state index in [9.17, 15) is 0 Å². The van der Waals surface area contributed by atoms with E-state index in [1.54, 1.807) is 5.57 Å². The first-order chi connectivity index (χ1) is 16.3. The lowest BCUT2D eigenvalue weighted by molar-refractivity contribution is 0.238. The van der Waals surface area contributed by atoms with Gasteiger partial charge in [-0.1, -0.05) is 75.0 Å². The van der Waals surface area contributed by atoms with E-state index < -0.39 is 0 Å². The summed E-state index contributed by atoms with van der Waals surface area (Å²) in [4.78, 5) is 5.06. The van der Waals surface area contributed by atoms with Crippen LogP contribution in [0.15, 0.2) is 23.3 Å². The topological polar surface area (TPSA) is 6.48 Å². The van der Waals surface area contributed by atoms with Gasteiger partial charge in [0.05, 0.1) is 15.7 Å². The molecule has 1 aliphatic rings. The van der Waals surface area contributed by atoms with Gasteiger partial charge in [0.2, 0.25) is 0 Å². The molecule has 2 nitrogen and oxygen atoms in total. The number of allylic oxidation sites excluding steroid dienone is 4. The molecule has 34 heavy (non-hydrogen) atoms. The molecule has 4 atom stereocenters. The van der Waals surface area contributed by atoms with E-state index in [4.69, 9.17) is 15.7 Å². The molecule has 1 aliphatic carbocycles. The van der Waals surface area contributed by atoms with Crippen LogP contribution in [-0.2, 0) is 0 Å². The van der Waals surface area contributed by atoms with Crippen LogP contribution in [0.3, 0.4) is 0 Å². The molecule has 4 unspecified atom stereocenters. The SMILES string of the molecule is [B]C(/C=C(\C)C(CCC)CCCN(CCCC1CCC/C1=C\C([B])CC)CCCN(C)C)CC. The Balaban J connectivity index is 2.59. The fourth-order valence-electron chi connectivity index (χ4n) is 5.49. The second-order valence-electron chi connectivity index (χ2n) is 11.2. The molecule has 0 spiro atoms. The summed E-state index contributed by atoms with van der Waals surface area (Å²) in [5.74, 6) is 1.94. The van der Waals surface area contributed by atoms with Crippen LogP contribution in [0.5, 0.6) is 0 Å². The largest absolute Gasteiger partial charge is 0.309 e. The van der Waals surface area contributed by atoms with Crippen molar-refractivity contribution in [2.24, 2.45) is 11.8 Å². The Kier molecular flexibility index (Phi) is 17.4. The highest BCUT2D eigenvalue weighted by atomic mass is 15.1. The van der Waals surface area contributed by atoms with E-state index in [0.29, 0.717) is 5.92 Å². The quantitative estimate of drug-likeness (QED) is 0.143. The lowest BCUT2D eigenvalue weighted by Crippen LogP contribution is -2.30. The second-order valence-corrected chi connectivity index (χ2v) is 11.2. The highest BCUT2D eigenvalue weighted by Crippen LogP contribution is 2.36. The van der Waals surface area contributed by atoms with Crippen LogP contribution in [0.1, 0.15) is 105 Å². The molecule has 0 heterocycles. The molecule has 1 saturated carbocycles. The van der Waals surface area contributed by atoms with Gasteiger partial charge >= 0.3 is 0 Å². The van der Waals surface area contributed by atoms with Crippen LogP contribution >= 0.6 is 0 Å². The van der Waals surface area contributed by atoms with Gasteiger partial charge in [0.1, 0.15) is 0 Å². The Hall–Kier alpha value is -0.470. The Morgan fingerprint density at radius 3 is 2.26 bits per heavy atom. The molecule has 0 saturated heterocycles. The zero-order valence-corrected chi connectivity index (χ0v) is 23.8. The van der Waals surface area contributed by atoms with Crippen molar-refractivity contribution in [3.05, 3.63) is 23.3 Å². The predicted octanol–water partition coefficient (Wildman–Crippen LogP) is 7.62.